The van der Waals surface area contributed by atoms with Gasteiger partial charge in [-0.2, -0.15) is 0 Å². The number of thiophene rings is 1. The van der Waals surface area contributed by atoms with Gasteiger partial charge in [0, 0.05) is 37.1 Å². The Morgan fingerprint density at radius 3 is 2.30 bits per heavy atom. The van der Waals surface area contributed by atoms with Crippen LogP contribution in [0.15, 0.2) is 91.0 Å². The second-order valence-electron chi connectivity index (χ2n) is 6.85. The fraction of sp³-hybridized carbons (Fsp3) is 0.0400. The van der Waals surface area contributed by atoms with Crippen LogP contribution in [0.25, 0.3) is 31.3 Å². The quantitative estimate of drug-likeness (QED) is 0.344. The summed E-state index contributed by atoms with van der Waals surface area (Å²) in [6.07, 6.45) is 0. The molecule has 1 heterocycles. The largest absolute Gasteiger partial charge is 0.355 e. The van der Waals surface area contributed by atoms with Gasteiger partial charge in [0.25, 0.3) is 0 Å². The van der Waals surface area contributed by atoms with E-state index >= 15 is 0 Å². The molecule has 0 aliphatic rings. The van der Waals surface area contributed by atoms with Gasteiger partial charge in [-0.25, -0.2) is 0 Å². The highest BCUT2D eigenvalue weighted by Crippen LogP contribution is 2.38. The lowest BCUT2D eigenvalue weighted by atomic mass is 10.0. The lowest BCUT2D eigenvalue weighted by Crippen LogP contribution is -1.93. The van der Waals surface area contributed by atoms with Gasteiger partial charge in [0.15, 0.2) is 0 Å². The zero-order valence-corrected chi connectivity index (χ0v) is 15.9. The van der Waals surface area contributed by atoms with Crippen LogP contribution in [-0.4, -0.2) is 0 Å². The molecule has 0 radical (unpaired) electrons. The second-order valence-corrected chi connectivity index (χ2v) is 7.93. The average Bonchev–Trinajstić information content (AvgIpc) is 3.08. The molecule has 1 aromatic heterocycles. The predicted octanol–water partition coefficient (Wildman–Crippen LogP) is 7.77. The Kier molecular flexibility index (Phi) is 3.92. The number of hydrogen-bond acceptors (Lipinski definition) is 2. The van der Waals surface area contributed by atoms with Crippen molar-refractivity contribution in [2.24, 2.45) is 0 Å². The van der Waals surface area contributed by atoms with Crippen molar-refractivity contribution in [1.82, 2.24) is 0 Å². The van der Waals surface area contributed by atoms with Crippen molar-refractivity contribution in [3.8, 4) is 11.1 Å². The number of rotatable bonds is 3. The SMILES string of the molecule is Cc1ccc(Nc2ccccc2-c2ccc3c(c2)sc2ccccc23)cc1. The smallest absolute Gasteiger partial charge is 0.0463 e. The first kappa shape index (κ1) is 16.1. The number of nitrogens with one attached hydrogen (secondary N) is 1. The van der Waals surface area contributed by atoms with Crippen molar-refractivity contribution in [3.05, 3.63) is 96.6 Å². The molecule has 0 atom stereocenters. The molecule has 1 nitrogen and oxygen atoms in total. The first-order valence-corrected chi connectivity index (χ1v) is 9.94. The topological polar surface area (TPSA) is 12.0 Å². The molecule has 0 bridgehead atoms. The van der Waals surface area contributed by atoms with Crippen molar-refractivity contribution in [1.29, 1.82) is 0 Å². The third-order valence-corrected chi connectivity index (χ3v) is 6.08. The molecular formula is C25H19NS. The highest BCUT2D eigenvalue weighted by Gasteiger charge is 2.09. The molecule has 1 N–H and O–H groups in total. The van der Waals surface area contributed by atoms with Crippen LogP contribution in [0.2, 0.25) is 0 Å². The Morgan fingerprint density at radius 2 is 1.41 bits per heavy atom. The van der Waals surface area contributed by atoms with Crippen molar-refractivity contribution < 1.29 is 0 Å². The lowest BCUT2D eigenvalue weighted by molar-refractivity contribution is 1.45. The molecule has 0 amide bonds. The van der Waals surface area contributed by atoms with E-state index in [9.17, 15) is 0 Å². The fourth-order valence-electron chi connectivity index (χ4n) is 3.53. The molecule has 0 saturated carbocycles. The van der Waals surface area contributed by atoms with Gasteiger partial charge in [0.1, 0.15) is 0 Å². The molecule has 27 heavy (non-hydrogen) atoms. The van der Waals surface area contributed by atoms with Gasteiger partial charge < -0.3 is 5.32 Å². The maximum atomic E-state index is 3.58. The zero-order valence-electron chi connectivity index (χ0n) is 15.1. The van der Waals surface area contributed by atoms with Gasteiger partial charge in [-0.15, -0.1) is 11.3 Å². The Balaban J connectivity index is 1.60. The molecule has 5 rings (SSSR count). The van der Waals surface area contributed by atoms with Crippen molar-refractivity contribution >= 4 is 42.9 Å². The molecule has 0 aliphatic carbocycles. The summed E-state index contributed by atoms with van der Waals surface area (Å²) in [7, 11) is 0. The van der Waals surface area contributed by atoms with Crippen molar-refractivity contribution in [2.75, 3.05) is 5.32 Å². The minimum Gasteiger partial charge on any atom is -0.355 e. The molecule has 2 heteroatoms. The van der Waals surface area contributed by atoms with Crippen molar-refractivity contribution in [2.45, 2.75) is 6.92 Å². The summed E-state index contributed by atoms with van der Waals surface area (Å²) in [5.74, 6) is 0. The van der Waals surface area contributed by atoms with E-state index in [-0.39, 0.29) is 0 Å². The Bertz CT molecular complexity index is 1250. The predicted molar refractivity (Wildman–Crippen MR) is 119 cm³/mol. The third kappa shape index (κ3) is 2.98. The van der Waals surface area contributed by atoms with Crippen LogP contribution < -0.4 is 5.32 Å². The van der Waals surface area contributed by atoms with Crippen molar-refractivity contribution in [3.63, 3.8) is 0 Å². The van der Waals surface area contributed by atoms with E-state index < -0.39 is 0 Å². The first-order valence-electron chi connectivity index (χ1n) is 9.12. The van der Waals surface area contributed by atoms with Gasteiger partial charge in [0.05, 0.1) is 0 Å². The second kappa shape index (κ2) is 6.57. The zero-order chi connectivity index (χ0) is 18.2. The minimum absolute atomic E-state index is 1.11. The van der Waals surface area contributed by atoms with E-state index in [4.69, 9.17) is 0 Å². The van der Waals surface area contributed by atoms with Crippen LogP contribution in [0.3, 0.4) is 0 Å². The number of aryl methyl sites for hydroxylation is 1. The van der Waals surface area contributed by atoms with Gasteiger partial charge in [-0.3, -0.25) is 0 Å². The summed E-state index contributed by atoms with van der Waals surface area (Å²) in [6, 6.07) is 32.5. The maximum Gasteiger partial charge on any atom is 0.0463 e. The van der Waals surface area contributed by atoms with E-state index in [1.165, 1.54) is 36.9 Å². The van der Waals surface area contributed by atoms with E-state index in [1.54, 1.807) is 0 Å². The molecule has 130 valence electrons. The van der Waals surface area contributed by atoms with Crippen LogP contribution in [-0.2, 0) is 0 Å². The average molecular weight is 366 g/mol. The normalized spacial score (nSPS) is 11.1. The molecule has 0 unspecified atom stereocenters. The van der Waals surface area contributed by atoms with Crippen LogP contribution >= 0.6 is 11.3 Å². The van der Waals surface area contributed by atoms with E-state index in [0.29, 0.717) is 0 Å². The molecule has 0 aliphatic heterocycles. The third-order valence-electron chi connectivity index (χ3n) is 4.95. The number of hydrogen-bond donors (Lipinski definition) is 1. The molecule has 4 aromatic carbocycles. The standard InChI is InChI=1S/C25H19NS/c1-17-10-13-19(14-11-17)26-23-8-4-2-6-20(23)18-12-15-22-21-7-3-5-9-24(21)27-25(22)16-18/h2-16,26H,1H3. The van der Waals surface area contributed by atoms with Crippen LogP contribution in [0.1, 0.15) is 5.56 Å². The molecule has 0 fully saturated rings. The molecule has 0 saturated heterocycles. The Hall–Kier alpha value is -3.10. The summed E-state index contributed by atoms with van der Waals surface area (Å²) in [4.78, 5) is 0. The molecular weight excluding hydrogens is 346 g/mol. The van der Waals surface area contributed by atoms with E-state index in [1.807, 2.05) is 11.3 Å². The fourth-order valence-corrected chi connectivity index (χ4v) is 4.68. The van der Waals surface area contributed by atoms with E-state index in [0.717, 1.165) is 11.4 Å². The van der Waals surface area contributed by atoms with Crippen LogP contribution in [0.4, 0.5) is 11.4 Å². The Labute approximate surface area is 162 Å². The number of fused-ring (bicyclic) bond motifs is 3. The molecule has 0 spiro atoms. The van der Waals surface area contributed by atoms with Gasteiger partial charge in [0.2, 0.25) is 0 Å². The summed E-state index contributed by atoms with van der Waals surface area (Å²) in [5.41, 5.74) is 5.96. The summed E-state index contributed by atoms with van der Waals surface area (Å²) in [5, 5.41) is 6.26. The highest BCUT2D eigenvalue weighted by atomic mass is 32.1. The van der Waals surface area contributed by atoms with Gasteiger partial charge in [-0.05, 0) is 42.8 Å². The van der Waals surface area contributed by atoms with Crippen LogP contribution in [0.5, 0.6) is 0 Å². The van der Waals surface area contributed by atoms with E-state index in [2.05, 4.69) is 103 Å². The number of para-hydroxylation sites is 1. The minimum atomic E-state index is 1.11. The van der Waals surface area contributed by atoms with Crippen LogP contribution in [0, 0.1) is 6.92 Å². The lowest BCUT2D eigenvalue weighted by Gasteiger charge is -2.13. The maximum absolute atomic E-state index is 3.58. The summed E-state index contributed by atoms with van der Waals surface area (Å²) < 4.78 is 2.68. The Morgan fingerprint density at radius 1 is 0.667 bits per heavy atom. The monoisotopic (exact) mass is 365 g/mol. The first-order chi connectivity index (χ1) is 13.3. The van der Waals surface area contributed by atoms with Gasteiger partial charge in [-0.1, -0.05) is 66.2 Å². The summed E-state index contributed by atoms with van der Waals surface area (Å²) in [6.45, 7) is 2.11. The number of benzene rings is 4. The summed E-state index contributed by atoms with van der Waals surface area (Å²) >= 11 is 1.86. The highest BCUT2D eigenvalue weighted by molar-refractivity contribution is 7.25. The number of anilines is 2. The van der Waals surface area contributed by atoms with Gasteiger partial charge >= 0.3 is 0 Å². The molecule has 5 aromatic rings.